The molecule has 1 aromatic rings. The van der Waals surface area contributed by atoms with Crippen molar-refractivity contribution in [1.29, 1.82) is 0 Å². The summed E-state index contributed by atoms with van der Waals surface area (Å²) in [6.45, 7) is 3.35. The molecule has 9 heteroatoms. The molecule has 0 N–H and O–H groups in total. The highest BCUT2D eigenvalue weighted by Crippen LogP contribution is 2.24. The van der Waals surface area contributed by atoms with Crippen LogP contribution in [0.15, 0.2) is 24.3 Å². The first-order chi connectivity index (χ1) is 13.4. The first-order valence-electron chi connectivity index (χ1n) is 8.99. The third kappa shape index (κ3) is 5.01. The number of para-hydroxylation sites is 1. The number of hydroxylamine groups is 1. The monoisotopic (exact) mass is 390 g/mol. The molecule has 0 saturated carbocycles. The zero-order valence-corrected chi connectivity index (χ0v) is 15.8. The Balaban J connectivity index is 2.26. The lowest BCUT2D eigenvalue weighted by molar-refractivity contribution is -0.247. The Kier molecular flexibility index (Phi) is 7.39. The van der Waals surface area contributed by atoms with E-state index < -0.39 is 29.8 Å². The minimum atomic E-state index is -0.926. The average Bonchev–Trinajstić information content (AvgIpc) is 2.98. The molecule has 1 unspecified atom stereocenters. The summed E-state index contributed by atoms with van der Waals surface area (Å²) in [7, 11) is 0. The summed E-state index contributed by atoms with van der Waals surface area (Å²) in [4.78, 5) is 64.7. The predicted molar refractivity (Wildman–Crippen MR) is 95.5 cm³/mol. The first kappa shape index (κ1) is 21.2. The van der Waals surface area contributed by atoms with Gasteiger partial charge in [-0.3, -0.25) is 14.4 Å². The van der Waals surface area contributed by atoms with Crippen molar-refractivity contribution >= 4 is 30.0 Å². The maximum atomic E-state index is 12.7. The minimum absolute atomic E-state index is 0.00742. The zero-order valence-electron chi connectivity index (χ0n) is 15.8. The highest BCUT2D eigenvalue weighted by atomic mass is 16.7. The van der Waals surface area contributed by atoms with Gasteiger partial charge in [0.15, 0.2) is 0 Å². The van der Waals surface area contributed by atoms with E-state index in [-0.39, 0.29) is 37.0 Å². The van der Waals surface area contributed by atoms with E-state index >= 15 is 0 Å². The number of hydrogen-bond donors (Lipinski definition) is 0. The second-order valence-corrected chi connectivity index (χ2v) is 6.25. The summed E-state index contributed by atoms with van der Waals surface area (Å²) in [5.41, 5.74) is -0.0469. The van der Waals surface area contributed by atoms with Crippen LogP contribution >= 0.6 is 0 Å². The van der Waals surface area contributed by atoms with Gasteiger partial charge in [0.1, 0.15) is 17.6 Å². The van der Waals surface area contributed by atoms with Crippen molar-refractivity contribution in [3.63, 3.8) is 0 Å². The smallest absolute Gasteiger partial charge is 0.362 e. The quantitative estimate of drug-likeness (QED) is 0.206. The van der Waals surface area contributed by atoms with Crippen LogP contribution in [0.1, 0.15) is 56.3 Å². The van der Waals surface area contributed by atoms with E-state index in [2.05, 4.69) is 0 Å². The molecule has 1 aliphatic rings. The molecule has 1 saturated heterocycles. The van der Waals surface area contributed by atoms with Crippen molar-refractivity contribution in [3.8, 4) is 5.75 Å². The molecule has 1 fully saturated rings. The Hall–Kier alpha value is -3.07. The topological polar surface area (TPSA) is 110 Å². The highest BCUT2D eigenvalue weighted by molar-refractivity contribution is 6.01. The van der Waals surface area contributed by atoms with Crippen molar-refractivity contribution in [3.05, 3.63) is 29.8 Å². The van der Waals surface area contributed by atoms with E-state index in [1.54, 1.807) is 12.1 Å². The molecule has 0 bridgehead atoms. The van der Waals surface area contributed by atoms with Crippen LogP contribution in [0.4, 0.5) is 0 Å². The van der Waals surface area contributed by atoms with Crippen LogP contribution in [0, 0.1) is 0 Å². The van der Waals surface area contributed by atoms with Gasteiger partial charge < -0.3 is 14.4 Å². The molecule has 1 atom stereocenters. The summed E-state index contributed by atoms with van der Waals surface area (Å²) < 4.78 is 5.20. The van der Waals surface area contributed by atoms with E-state index in [1.807, 2.05) is 6.92 Å². The van der Waals surface area contributed by atoms with Gasteiger partial charge in [-0.15, -0.1) is 0 Å². The van der Waals surface area contributed by atoms with Gasteiger partial charge in [-0.1, -0.05) is 19.1 Å². The van der Waals surface area contributed by atoms with Crippen LogP contribution in [0.25, 0.3) is 0 Å². The maximum absolute atomic E-state index is 12.7. The fourth-order valence-corrected chi connectivity index (χ4v) is 2.58. The zero-order chi connectivity index (χ0) is 20.7. The largest absolute Gasteiger partial charge is 0.426 e. The van der Waals surface area contributed by atoms with Gasteiger partial charge in [0.05, 0.1) is 6.04 Å². The summed E-state index contributed by atoms with van der Waals surface area (Å²) in [5.74, 6) is -2.48. The van der Waals surface area contributed by atoms with Gasteiger partial charge in [0.25, 0.3) is 0 Å². The van der Waals surface area contributed by atoms with Gasteiger partial charge in [-0.05, 0) is 30.6 Å². The average molecular weight is 390 g/mol. The molecule has 28 heavy (non-hydrogen) atoms. The SMILES string of the molecule is CCCC(=O)Oc1ccccc1C(=O)ON(C(C)CC=O)N1C(=O)CCC1=O. The fourth-order valence-electron chi connectivity index (χ4n) is 2.58. The number of amides is 2. The van der Waals surface area contributed by atoms with E-state index in [4.69, 9.17) is 9.57 Å². The molecule has 1 heterocycles. The molecule has 0 spiro atoms. The normalized spacial score (nSPS) is 14.9. The second kappa shape index (κ2) is 9.75. The van der Waals surface area contributed by atoms with Gasteiger partial charge >= 0.3 is 11.9 Å². The number of ether oxygens (including phenoxy) is 1. The number of esters is 1. The number of rotatable bonds is 9. The van der Waals surface area contributed by atoms with Crippen molar-refractivity contribution in [1.82, 2.24) is 10.2 Å². The van der Waals surface area contributed by atoms with Crippen LogP contribution < -0.4 is 4.74 Å². The lowest BCUT2D eigenvalue weighted by Gasteiger charge is -2.31. The van der Waals surface area contributed by atoms with Crippen molar-refractivity contribution in [2.75, 3.05) is 0 Å². The number of imide groups is 1. The highest BCUT2D eigenvalue weighted by Gasteiger charge is 2.39. The van der Waals surface area contributed by atoms with Crippen LogP contribution in [-0.4, -0.2) is 46.3 Å². The van der Waals surface area contributed by atoms with Gasteiger partial charge in [0.2, 0.25) is 11.8 Å². The number of hydrazine groups is 1. The van der Waals surface area contributed by atoms with Crippen molar-refractivity contribution in [2.45, 2.75) is 52.0 Å². The maximum Gasteiger partial charge on any atom is 0.362 e. The molecular weight excluding hydrogens is 368 g/mol. The fraction of sp³-hybridized carbons (Fsp3) is 0.421. The number of carbonyl (C=O) groups is 5. The predicted octanol–water partition coefficient (Wildman–Crippen LogP) is 1.81. The Bertz CT molecular complexity index is 761. The van der Waals surface area contributed by atoms with Gasteiger partial charge in [-0.25, -0.2) is 4.79 Å². The lowest BCUT2D eigenvalue weighted by atomic mass is 10.2. The Morgan fingerprint density at radius 3 is 2.46 bits per heavy atom. The van der Waals surface area contributed by atoms with E-state index in [0.717, 1.165) is 10.2 Å². The molecule has 1 aromatic carbocycles. The number of carbonyl (C=O) groups excluding carboxylic acids is 5. The van der Waals surface area contributed by atoms with Crippen molar-refractivity contribution in [2.24, 2.45) is 0 Å². The molecule has 150 valence electrons. The van der Waals surface area contributed by atoms with E-state index in [9.17, 15) is 24.0 Å². The molecule has 2 amide bonds. The summed E-state index contributed by atoms with van der Waals surface area (Å²) >= 11 is 0. The molecular formula is C19H22N2O7. The van der Waals surface area contributed by atoms with Crippen LogP contribution in [-0.2, 0) is 24.0 Å². The standard InChI is InChI=1S/C19H22N2O7/c1-3-6-18(25)27-15-8-5-4-7-14(15)19(26)28-21(13(2)11-12-22)20-16(23)9-10-17(20)24/h4-5,7-8,12-13H,3,6,9-11H2,1-2H3. The third-order valence-electron chi connectivity index (χ3n) is 4.00. The number of hydrogen-bond acceptors (Lipinski definition) is 8. The van der Waals surface area contributed by atoms with Crippen molar-refractivity contribution < 1.29 is 33.5 Å². The molecule has 0 aromatic heterocycles. The van der Waals surface area contributed by atoms with Crippen LogP contribution in [0.3, 0.4) is 0 Å². The molecule has 2 rings (SSSR count). The van der Waals surface area contributed by atoms with E-state index in [0.29, 0.717) is 12.7 Å². The molecule has 0 radical (unpaired) electrons. The molecule has 1 aliphatic heterocycles. The first-order valence-corrected chi connectivity index (χ1v) is 8.99. The molecule has 9 nitrogen and oxygen atoms in total. The Morgan fingerprint density at radius 1 is 1.21 bits per heavy atom. The Labute approximate surface area is 162 Å². The second-order valence-electron chi connectivity index (χ2n) is 6.25. The number of aldehydes is 1. The van der Waals surface area contributed by atoms with E-state index in [1.165, 1.54) is 19.1 Å². The van der Waals surface area contributed by atoms with Gasteiger partial charge in [0, 0.05) is 25.7 Å². The summed E-state index contributed by atoms with van der Waals surface area (Å²) in [6, 6.07) is 5.23. The van der Waals surface area contributed by atoms with Crippen LogP contribution in [0.5, 0.6) is 5.75 Å². The number of nitrogens with zero attached hydrogens (tertiary/aromatic N) is 2. The third-order valence-corrected chi connectivity index (χ3v) is 4.00. The molecule has 0 aliphatic carbocycles. The summed E-state index contributed by atoms with van der Waals surface area (Å²) in [5, 5.41) is 1.55. The minimum Gasteiger partial charge on any atom is -0.426 e. The van der Waals surface area contributed by atoms with Gasteiger partial charge in [-0.2, -0.15) is 5.01 Å². The summed E-state index contributed by atoms with van der Waals surface area (Å²) in [6.07, 6.45) is 1.27. The lowest BCUT2D eigenvalue weighted by Crippen LogP contribution is -2.51. The van der Waals surface area contributed by atoms with Crippen LogP contribution in [0.2, 0.25) is 0 Å². The Morgan fingerprint density at radius 2 is 1.86 bits per heavy atom. The number of benzene rings is 1.